The zero-order valence-electron chi connectivity index (χ0n) is 22.7. The van der Waals surface area contributed by atoms with Gasteiger partial charge in [-0.1, -0.05) is 18.2 Å². The first-order valence-electron chi connectivity index (χ1n) is 13.3. The summed E-state index contributed by atoms with van der Waals surface area (Å²) in [5, 5.41) is 3.01. The summed E-state index contributed by atoms with van der Waals surface area (Å²) in [5.41, 5.74) is 3.69. The van der Waals surface area contributed by atoms with Gasteiger partial charge in [-0.05, 0) is 80.6 Å². The zero-order chi connectivity index (χ0) is 27.4. The van der Waals surface area contributed by atoms with Gasteiger partial charge in [0, 0.05) is 25.4 Å². The molecule has 0 spiro atoms. The molecule has 1 unspecified atom stereocenters. The van der Waals surface area contributed by atoms with Crippen LogP contribution < -0.4 is 14.8 Å². The van der Waals surface area contributed by atoms with Crippen molar-refractivity contribution in [3.8, 4) is 11.5 Å². The molecule has 1 fully saturated rings. The first kappa shape index (κ1) is 26.6. The van der Waals surface area contributed by atoms with Gasteiger partial charge in [0.1, 0.15) is 18.1 Å². The van der Waals surface area contributed by atoms with E-state index < -0.39 is 0 Å². The lowest BCUT2D eigenvalue weighted by molar-refractivity contribution is -0.133. The fraction of sp³-hybridized carbons (Fsp3) is 0.400. The van der Waals surface area contributed by atoms with Gasteiger partial charge >= 0.3 is 6.03 Å². The molecule has 3 heterocycles. The summed E-state index contributed by atoms with van der Waals surface area (Å²) < 4.78 is 22.6. The standard InChI is InChI=1S/C30H35N3O6/c1-20-6-4-8-26(22(20)3)31-30(35)33(16-24-7-5-13-36-24)18-29(34)32(17-25-11-9-21(2)39-25)15-23-10-12-27-28(14-23)38-19-37-27/h4,6,8-12,14,24H,5,7,13,15-19H2,1-3H3,(H,31,35). The Kier molecular flexibility index (Phi) is 8.07. The number of aryl methyl sites for hydroxylation is 2. The second-order valence-electron chi connectivity index (χ2n) is 10.1. The van der Waals surface area contributed by atoms with Crippen molar-refractivity contribution in [2.45, 2.75) is 52.8 Å². The highest BCUT2D eigenvalue weighted by Crippen LogP contribution is 2.33. The number of urea groups is 1. The maximum atomic E-state index is 13.8. The average Bonchev–Trinajstić information content (AvgIpc) is 3.68. The van der Waals surface area contributed by atoms with Crippen LogP contribution in [0.4, 0.5) is 10.5 Å². The van der Waals surface area contributed by atoms with E-state index in [1.807, 2.05) is 69.3 Å². The van der Waals surface area contributed by atoms with Gasteiger partial charge < -0.3 is 33.7 Å². The van der Waals surface area contributed by atoms with E-state index in [1.54, 1.807) is 9.80 Å². The maximum absolute atomic E-state index is 13.8. The lowest BCUT2D eigenvalue weighted by atomic mass is 10.1. The summed E-state index contributed by atoms with van der Waals surface area (Å²) in [6.07, 6.45) is 1.70. The number of benzene rings is 2. The van der Waals surface area contributed by atoms with Crippen LogP contribution in [0.3, 0.4) is 0 Å². The monoisotopic (exact) mass is 533 g/mol. The molecule has 0 aliphatic carbocycles. The van der Waals surface area contributed by atoms with Crippen molar-refractivity contribution in [2.24, 2.45) is 0 Å². The summed E-state index contributed by atoms with van der Waals surface area (Å²) in [4.78, 5) is 30.6. The molecule has 206 valence electrons. The molecular weight excluding hydrogens is 498 g/mol. The molecule has 9 nitrogen and oxygen atoms in total. The number of amides is 3. The molecule has 2 aliphatic rings. The number of carbonyl (C=O) groups excluding carboxylic acids is 2. The molecule has 3 aromatic rings. The normalized spacial score (nSPS) is 15.8. The summed E-state index contributed by atoms with van der Waals surface area (Å²) >= 11 is 0. The van der Waals surface area contributed by atoms with E-state index in [9.17, 15) is 9.59 Å². The van der Waals surface area contributed by atoms with Gasteiger partial charge in [0.05, 0.1) is 12.6 Å². The average molecular weight is 534 g/mol. The van der Waals surface area contributed by atoms with Crippen LogP contribution >= 0.6 is 0 Å². The van der Waals surface area contributed by atoms with Crippen LogP contribution in [0.25, 0.3) is 0 Å². The second kappa shape index (κ2) is 11.8. The number of furan rings is 1. The summed E-state index contributed by atoms with van der Waals surface area (Å²) in [6, 6.07) is 14.8. The van der Waals surface area contributed by atoms with Crippen LogP contribution in [-0.2, 0) is 22.6 Å². The van der Waals surface area contributed by atoms with Crippen LogP contribution in [0.1, 0.15) is 41.1 Å². The second-order valence-corrected chi connectivity index (χ2v) is 10.1. The Morgan fingerprint density at radius 2 is 1.82 bits per heavy atom. The van der Waals surface area contributed by atoms with Crippen molar-refractivity contribution >= 4 is 17.6 Å². The molecule has 1 N–H and O–H groups in total. The summed E-state index contributed by atoms with van der Waals surface area (Å²) in [7, 11) is 0. The van der Waals surface area contributed by atoms with Gasteiger partial charge in [0.25, 0.3) is 0 Å². The van der Waals surface area contributed by atoms with E-state index in [1.165, 1.54) is 0 Å². The molecular formula is C30H35N3O6. The van der Waals surface area contributed by atoms with Crippen LogP contribution in [0.5, 0.6) is 11.5 Å². The molecule has 1 saturated heterocycles. The molecule has 0 saturated carbocycles. The first-order valence-corrected chi connectivity index (χ1v) is 13.3. The van der Waals surface area contributed by atoms with Gasteiger partial charge in [-0.3, -0.25) is 4.79 Å². The minimum Gasteiger partial charge on any atom is -0.464 e. The lowest BCUT2D eigenvalue weighted by Crippen LogP contribution is -2.47. The fourth-order valence-corrected chi connectivity index (χ4v) is 4.85. The van der Waals surface area contributed by atoms with Gasteiger partial charge in [-0.2, -0.15) is 0 Å². The number of ether oxygens (including phenoxy) is 3. The van der Waals surface area contributed by atoms with Crippen LogP contribution in [-0.4, -0.2) is 54.3 Å². The number of hydrogen-bond donors (Lipinski definition) is 1. The molecule has 2 aliphatic heterocycles. The van der Waals surface area contributed by atoms with E-state index in [-0.39, 0.29) is 37.9 Å². The van der Waals surface area contributed by atoms with E-state index in [4.69, 9.17) is 18.6 Å². The lowest BCUT2D eigenvalue weighted by Gasteiger charge is -2.29. The van der Waals surface area contributed by atoms with Crippen LogP contribution in [0.15, 0.2) is 52.9 Å². The number of nitrogens with zero attached hydrogens (tertiary/aromatic N) is 2. The van der Waals surface area contributed by atoms with E-state index >= 15 is 0 Å². The highest BCUT2D eigenvalue weighted by molar-refractivity contribution is 5.93. The van der Waals surface area contributed by atoms with Crippen molar-refractivity contribution in [2.75, 3.05) is 31.8 Å². The molecule has 0 bridgehead atoms. The third kappa shape index (κ3) is 6.54. The molecule has 1 aromatic heterocycles. The predicted molar refractivity (Wildman–Crippen MR) is 146 cm³/mol. The largest absolute Gasteiger partial charge is 0.464 e. The summed E-state index contributed by atoms with van der Waals surface area (Å²) in [6.45, 7) is 7.52. The fourth-order valence-electron chi connectivity index (χ4n) is 4.85. The van der Waals surface area contributed by atoms with Crippen molar-refractivity contribution < 1.29 is 28.2 Å². The predicted octanol–water partition coefficient (Wildman–Crippen LogP) is 5.18. The Morgan fingerprint density at radius 3 is 2.59 bits per heavy atom. The zero-order valence-corrected chi connectivity index (χ0v) is 22.7. The van der Waals surface area contributed by atoms with E-state index in [2.05, 4.69) is 5.32 Å². The van der Waals surface area contributed by atoms with Crippen LogP contribution in [0, 0.1) is 20.8 Å². The SMILES string of the molecule is Cc1ccc(CN(Cc2ccc3c(c2)OCO3)C(=O)CN(CC2CCCO2)C(=O)Nc2cccc(C)c2C)o1. The minimum atomic E-state index is -0.329. The molecule has 5 rings (SSSR count). The Morgan fingerprint density at radius 1 is 0.974 bits per heavy atom. The Hall–Kier alpha value is -3.98. The van der Waals surface area contributed by atoms with Gasteiger partial charge in [-0.25, -0.2) is 4.79 Å². The number of nitrogens with one attached hydrogen (secondary N) is 1. The van der Waals surface area contributed by atoms with Crippen molar-refractivity contribution in [1.82, 2.24) is 9.80 Å². The Bertz CT molecular complexity index is 1330. The van der Waals surface area contributed by atoms with Gasteiger partial charge in [-0.15, -0.1) is 0 Å². The molecule has 39 heavy (non-hydrogen) atoms. The van der Waals surface area contributed by atoms with Crippen molar-refractivity contribution in [3.05, 3.63) is 76.7 Å². The molecule has 0 radical (unpaired) electrons. The van der Waals surface area contributed by atoms with E-state index in [0.29, 0.717) is 37.0 Å². The van der Waals surface area contributed by atoms with Gasteiger partial charge in [0.15, 0.2) is 11.5 Å². The smallest absolute Gasteiger partial charge is 0.322 e. The Balaban J connectivity index is 1.36. The van der Waals surface area contributed by atoms with Gasteiger partial charge in [0.2, 0.25) is 12.7 Å². The van der Waals surface area contributed by atoms with Crippen molar-refractivity contribution in [3.63, 3.8) is 0 Å². The first-order chi connectivity index (χ1) is 18.9. The third-order valence-corrected chi connectivity index (χ3v) is 7.21. The number of rotatable bonds is 9. The van der Waals surface area contributed by atoms with Crippen LogP contribution in [0.2, 0.25) is 0 Å². The number of fused-ring (bicyclic) bond motifs is 1. The quantitative estimate of drug-likeness (QED) is 0.408. The third-order valence-electron chi connectivity index (χ3n) is 7.21. The highest BCUT2D eigenvalue weighted by Gasteiger charge is 2.28. The number of carbonyl (C=O) groups is 2. The highest BCUT2D eigenvalue weighted by atomic mass is 16.7. The van der Waals surface area contributed by atoms with E-state index in [0.717, 1.165) is 41.0 Å². The molecule has 9 heteroatoms. The number of anilines is 1. The maximum Gasteiger partial charge on any atom is 0.322 e. The molecule has 1 atom stereocenters. The topological polar surface area (TPSA) is 93.5 Å². The summed E-state index contributed by atoms with van der Waals surface area (Å²) in [5.74, 6) is 2.59. The molecule has 2 aromatic carbocycles. The van der Waals surface area contributed by atoms with Crippen molar-refractivity contribution in [1.29, 1.82) is 0 Å². The Labute approximate surface area is 228 Å². The number of hydrogen-bond acceptors (Lipinski definition) is 6. The minimum absolute atomic E-state index is 0.0964. The molecule has 3 amide bonds.